The van der Waals surface area contributed by atoms with E-state index in [2.05, 4.69) is 26.8 Å². The van der Waals surface area contributed by atoms with Crippen LogP contribution in [0.25, 0.3) is 0 Å². The minimum atomic E-state index is -0.429. The summed E-state index contributed by atoms with van der Waals surface area (Å²) in [4.78, 5) is 7.51. The van der Waals surface area contributed by atoms with E-state index < -0.39 is 6.10 Å². The second kappa shape index (κ2) is 10.3. The zero-order valence-corrected chi connectivity index (χ0v) is 17.8. The van der Waals surface area contributed by atoms with Crippen LogP contribution in [-0.2, 0) is 6.54 Å². The molecule has 1 aromatic rings. The van der Waals surface area contributed by atoms with E-state index in [1.807, 2.05) is 23.9 Å². The van der Waals surface area contributed by atoms with Crippen LogP contribution in [0.1, 0.15) is 18.4 Å². The Morgan fingerprint density at radius 2 is 1.68 bits per heavy atom. The zero-order chi connectivity index (χ0) is 19.2. The van der Waals surface area contributed by atoms with E-state index in [-0.39, 0.29) is 0 Å². The van der Waals surface area contributed by atoms with Gasteiger partial charge in [0.15, 0.2) is 0 Å². The van der Waals surface area contributed by atoms with Gasteiger partial charge in [0.05, 0.1) is 0 Å². The predicted molar refractivity (Wildman–Crippen MR) is 116 cm³/mol. The Kier molecular flexibility index (Phi) is 7.54. The number of para-hydroxylation sites is 1. The van der Waals surface area contributed by atoms with Crippen LogP contribution in [0.3, 0.4) is 0 Å². The van der Waals surface area contributed by atoms with Gasteiger partial charge in [0.1, 0.15) is 18.5 Å². The van der Waals surface area contributed by atoms with Gasteiger partial charge in [0.25, 0.3) is 0 Å². The molecule has 156 valence electrons. The molecular weight excluding hydrogens is 370 g/mol. The van der Waals surface area contributed by atoms with Crippen LogP contribution in [0.2, 0.25) is 0 Å². The fourth-order valence-corrected chi connectivity index (χ4v) is 5.11. The lowest BCUT2D eigenvalue weighted by Crippen LogP contribution is -2.46. The topological polar surface area (TPSA) is 39.2 Å². The highest BCUT2D eigenvalue weighted by atomic mass is 32.2. The normalized spacial score (nSPS) is 23.6. The maximum atomic E-state index is 10.4. The van der Waals surface area contributed by atoms with Crippen molar-refractivity contribution in [3.05, 3.63) is 29.8 Å². The fourth-order valence-electron chi connectivity index (χ4n) is 4.13. The average Bonchev–Trinajstić information content (AvgIpc) is 3.54. The Hall–Kier alpha value is -0.790. The third kappa shape index (κ3) is 6.36. The molecule has 2 saturated heterocycles. The average molecular weight is 406 g/mol. The molecule has 2 aliphatic heterocycles. The second-order valence-electron chi connectivity index (χ2n) is 8.51. The van der Waals surface area contributed by atoms with E-state index in [1.54, 1.807) is 0 Å². The molecule has 1 aliphatic carbocycles. The molecule has 0 radical (unpaired) electrons. The number of aliphatic hydroxyl groups excluding tert-OH is 1. The molecule has 2 heterocycles. The van der Waals surface area contributed by atoms with Gasteiger partial charge in [-0.05, 0) is 24.8 Å². The summed E-state index contributed by atoms with van der Waals surface area (Å²) >= 11 is 2.00. The van der Waals surface area contributed by atoms with Gasteiger partial charge in [-0.15, -0.1) is 0 Å². The van der Waals surface area contributed by atoms with E-state index in [4.69, 9.17) is 4.74 Å². The van der Waals surface area contributed by atoms with Gasteiger partial charge in [-0.3, -0.25) is 9.80 Å². The van der Waals surface area contributed by atoms with Gasteiger partial charge in [0.2, 0.25) is 0 Å². The van der Waals surface area contributed by atoms with Gasteiger partial charge in [-0.25, -0.2) is 0 Å². The lowest BCUT2D eigenvalue weighted by atomic mass is 10.1. The molecular formula is C22H35N3O2S. The van der Waals surface area contributed by atoms with Crippen molar-refractivity contribution in [2.75, 3.05) is 70.5 Å². The van der Waals surface area contributed by atoms with Gasteiger partial charge >= 0.3 is 0 Å². The van der Waals surface area contributed by atoms with Crippen molar-refractivity contribution in [3.63, 3.8) is 0 Å². The number of piperazine rings is 1. The molecule has 0 aromatic heterocycles. The molecule has 4 rings (SSSR count). The Morgan fingerprint density at radius 3 is 2.43 bits per heavy atom. The molecule has 6 heteroatoms. The summed E-state index contributed by atoms with van der Waals surface area (Å²) in [7, 11) is 0. The summed E-state index contributed by atoms with van der Waals surface area (Å²) in [5, 5.41) is 10.4. The van der Waals surface area contributed by atoms with E-state index in [1.165, 1.54) is 49.5 Å². The third-order valence-electron chi connectivity index (χ3n) is 6.05. The first-order chi connectivity index (χ1) is 13.8. The number of hydrogen-bond donors (Lipinski definition) is 1. The van der Waals surface area contributed by atoms with Crippen molar-refractivity contribution in [2.24, 2.45) is 5.92 Å². The quantitative estimate of drug-likeness (QED) is 0.678. The van der Waals surface area contributed by atoms with Crippen molar-refractivity contribution in [1.29, 1.82) is 0 Å². The number of rotatable bonds is 9. The Balaban J connectivity index is 1.22. The molecule has 0 spiro atoms. The number of ether oxygens (including phenoxy) is 1. The smallest absolute Gasteiger partial charge is 0.123 e. The van der Waals surface area contributed by atoms with Crippen molar-refractivity contribution in [3.8, 4) is 5.75 Å². The third-order valence-corrected chi connectivity index (χ3v) is 6.99. The van der Waals surface area contributed by atoms with Gasteiger partial charge in [-0.2, -0.15) is 11.8 Å². The molecule has 1 atom stereocenters. The second-order valence-corrected chi connectivity index (χ2v) is 9.73. The first-order valence-electron chi connectivity index (χ1n) is 10.9. The molecule has 1 aromatic carbocycles. The summed E-state index contributed by atoms with van der Waals surface area (Å²) in [6.07, 6.45) is 2.45. The summed E-state index contributed by atoms with van der Waals surface area (Å²) in [5.41, 5.74) is 1.24. The molecule has 0 amide bonds. The lowest BCUT2D eigenvalue weighted by Gasteiger charge is -2.35. The molecule has 3 aliphatic rings. The van der Waals surface area contributed by atoms with Crippen molar-refractivity contribution in [1.82, 2.24) is 14.7 Å². The summed E-state index contributed by atoms with van der Waals surface area (Å²) in [6.45, 7) is 10.1. The van der Waals surface area contributed by atoms with Crippen LogP contribution in [-0.4, -0.2) is 96.4 Å². The minimum Gasteiger partial charge on any atom is -0.491 e. The van der Waals surface area contributed by atoms with Crippen LogP contribution < -0.4 is 4.74 Å². The molecule has 5 nitrogen and oxygen atoms in total. The number of benzene rings is 1. The first kappa shape index (κ1) is 20.5. The monoisotopic (exact) mass is 405 g/mol. The van der Waals surface area contributed by atoms with Crippen LogP contribution in [0, 0.1) is 5.92 Å². The van der Waals surface area contributed by atoms with Crippen molar-refractivity contribution in [2.45, 2.75) is 25.5 Å². The highest BCUT2D eigenvalue weighted by Crippen LogP contribution is 2.30. The maximum Gasteiger partial charge on any atom is 0.123 e. The number of nitrogens with zero attached hydrogens (tertiary/aromatic N) is 3. The van der Waals surface area contributed by atoms with Crippen LogP contribution in [0.4, 0.5) is 0 Å². The molecule has 1 saturated carbocycles. The van der Waals surface area contributed by atoms with Crippen LogP contribution in [0.15, 0.2) is 24.3 Å². The largest absolute Gasteiger partial charge is 0.491 e. The Labute approximate surface area is 174 Å². The summed E-state index contributed by atoms with van der Waals surface area (Å²) < 4.78 is 6.05. The highest BCUT2D eigenvalue weighted by Gasteiger charge is 2.26. The molecule has 0 unspecified atom stereocenters. The predicted octanol–water partition coefficient (Wildman–Crippen LogP) is 2.00. The van der Waals surface area contributed by atoms with Gasteiger partial charge in [0, 0.05) is 76.0 Å². The van der Waals surface area contributed by atoms with E-state index in [0.29, 0.717) is 13.2 Å². The van der Waals surface area contributed by atoms with Crippen molar-refractivity contribution >= 4 is 11.8 Å². The number of β-amino-alcohol motifs (C(OH)–C–C–N with tert-alkyl or cyclic N) is 1. The van der Waals surface area contributed by atoms with Crippen LogP contribution in [0.5, 0.6) is 5.75 Å². The summed E-state index contributed by atoms with van der Waals surface area (Å²) in [6, 6.07) is 8.33. The lowest BCUT2D eigenvalue weighted by molar-refractivity contribution is 0.0703. The summed E-state index contributed by atoms with van der Waals surface area (Å²) in [5.74, 6) is 4.25. The SMILES string of the molecule is O[C@@H](COc1ccccc1CN1CCN(CC2CC2)CC1)CN1CCSCC1. The van der Waals surface area contributed by atoms with Crippen molar-refractivity contribution < 1.29 is 9.84 Å². The molecule has 28 heavy (non-hydrogen) atoms. The van der Waals surface area contributed by atoms with Gasteiger partial charge < -0.3 is 14.7 Å². The number of aliphatic hydroxyl groups is 1. The molecule has 3 fully saturated rings. The first-order valence-corrected chi connectivity index (χ1v) is 12.1. The van der Waals surface area contributed by atoms with E-state index >= 15 is 0 Å². The van der Waals surface area contributed by atoms with Crippen LogP contribution >= 0.6 is 11.8 Å². The maximum absolute atomic E-state index is 10.4. The number of hydrogen-bond acceptors (Lipinski definition) is 6. The standard InChI is InChI=1S/C22H35N3O2S/c26-21(17-25-11-13-28-14-12-25)18-27-22-4-2-1-3-20(22)16-24-9-7-23(8-10-24)15-19-5-6-19/h1-4,19,21,26H,5-18H2/t21-/m1/s1. The number of thioether (sulfide) groups is 1. The van der Waals surface area contributed by atoms with E-state index in [9.17, 15) is 5.11 Å². The van der Waals surface area contributed by atoms with Gasteiger partial charge in [-0.1, -0.05) is 18.2 Å². The molecule has 0 bridgehead atoms. The minimum absolute atomic E-state index is 0.371. The Bertz CT molecular complexity index is 599. The van der Waals surface area contributed by atoms with E-state index in [0.717, 1.165) is 44.4 Å². The molecule has 1 N–H and O–H groups in total. The Morgan fingerprint density at radius 1 is 0.964 bits per heavy atom. The highest BCUT2D eigenvalue weighted by molar-refractivity contribution is 7.99. The fraction of sp³-hybridized carbons (Fsp3) is 0.727. The zero-order valence-electron chi connectivity index (χ0n) is 17.0.